The van der Waals surface area contributed by atoms with Gasteiger partial charge in [0.1, 0.15) is 0 Å². The number of hydrogen-bond donors (Lipinski definition) is 3. The summed E-state index contributed by atoms with van der Waals surface area (Å²) in [6.45, 7) is 0. The van der Waals surface area contributed by atoms with Gasteiger partial charge in [0.25, 0.3) is 11.9 Å². The summed E-state index contributed by atoms with van der Waals surface area (Å²) in [4.78, 5) is 21.1. The third kappa shape index (κ3) is 3.48. The lowest BCUT2D eigenvalue weighted by Crippen LogP contribution is -2.31. The number of ether oxygens (including phenoxy) is 1. The van der Waals surface area contributed by atoms with Crippen LogP contribution in [0.2, 0.25) is 0 Å². The first-order chi connectivity index (χ1) is 13.5. The van der Waals surface area contributed by atoms with Gasteiger partial charge in [-0.2, -0.15) is 4.99 Å². The third-order valence-electron chi connectivity index (χ3n) is 4.53. The van der Waals surface area contributed by atoms with E-state index >= 15 is 0 Å². The number of hydrogen-bond acceptors (Lipinski definition) is 5. The van der Waals surface area contributed by atoms with E-state index in [1.54, 1.807) is 12.1 Å². The second kappa shape index (κ2) is 6.88. The number of alkyl halides is 1. The molecule has 4 N–H and O–H groups in total. The Labute approximate surface area is 160 Å². The molecule has 1 fully saturated rings. The van der Waals surface area contributed by atoms with Crippen molar-refractivity contribution < 1.29 is 13.9 Å². The number of nitrogens with one attached hydrogen (secondary N) is 2. The lowest BCUT2D eigenvalue weighted by atomic mass is 10.0. The molecule has 0 spiro atoms. The highest BCUT2D eigenvalue weighted by molar-refractivity contribution is 6.19. The molecule has 1 amide bonds. The molecule has 2 aliphatic rings. The summed E-state index contributed by atoms with van der Waals surface area (Å²) in [5, 5.41) is 10.4. The van der Waals surface area contributed by atoms with Gasteiger partial charge in [-0.1, -0.05) is 48.5 Å². The predicted octanol–water partition coefficient (Wildman–Crippen LogP) is 2.61. The predicted molar refractivity (Wildman–Crippen MR) is 104 cm³/mol. The minimum Gasteiger partial charge on any atom is -0.408 e. The molecule has 1 saturated carbocycles. The summed E-state index contributed by atoms with van der Waals surface area (Å²) in [7, 11) is 0. The fourth-order valence-corrected chi connectivity index (χ4v) is 2.84. The number of rotatable bonds is 3. The van der Waals surface area contributed by atoms with Crippen LogP contribution in [-0.4, -0.2) is 35.4 Å². The molecule has 1 aliphatic heterocycles. The fraction of sp³-hybridized carbons (Fsp3) is 0.200. The van der Waals surface area contributed by atoms with E-state index in [0.717, 1.165) is 11.1 Å². The molecule has 1 unspecified atom stereocenters. The Hall–Kier alpha value is -3.55. The van der Waals surface area contributed by atoms with E-state index in [4.69, 9.17) is 15.9 Å². The van der Waals surface area contributed by atoms with Crippen LogP contribution >= 0.6 is 0 Å². The summed E-state index contributed by atoms with van der Waals surface area (Å²) in [6, 6.07) is 16.2. The van der Waals surface area contributed by atoms with Crippen molar-refractivity contribution in [3.63, 3.8) is 0 Å². The number of carbonyl (C=O) groups excluding carboxylic acids is 1. The molecule has 0 radical (unpaired) electrons. The van der Waals surface area contributed by atoms with Crippen LogP contribution in [0, 0.1) is 5.41 Å². The number of nitrogens with zero attached hydrogens (tertiary/aromatic N) is 2. The highest BCUT2D eigenvalue weighted by Crippen LogP contribution is 2.41. The van der Waals surface area contributed by atoms with Crippen LogP contribution in [0.5, 0.6) is 0 Å². The van der Waals surface area contributed by atoms with Crippen LogP contribution in [0.4, 0.5) is 10.1 Å². The van der Waals surface area contributed by atoms with Crippen molar-refractivity contribution in [3.05, 3.63) is 65.7 Å². The number of carbonyl (C=O) groups is 1. The van der Waals surface area contributed by atoms with E-state index in [9.17, 15) is 9.18 Å². The Morgan fingerprint density at radius 2 is 1.89 bits per heavy atom. The zero-order chi connectivity index (χ0) is 19.7. The second-order valence-electron chi connectivity index (χ2n) is 6.62. The van der Waals surface area contributed by atoms with Gasteiger partial charge in [-0.3, -0.25) is 10.2 Å². The first-order valence-corrected chi connectivity index (χ1v) is 8.79. The van der Waals surface area contributed by atoms with Gasteiger partial charge in [-0.05, 0) is 18.9 Å². The van der Waals surface area contributed by atoms with Crippen molar-refractivity contribution in [1.29, 1.82) is 5.41 Å². The Kier molecular flexibility index (Phi) is 4.38. The largest absolute Gasteiger partial charge is 0.408 e. The van der Waals surface area contributed by atoms with Gasteiger partial charge in [0.2, 0.25) is 12.1 Å². The average Bonchev–Trinajstić information content (AvgIpc) is 3.46. The topological polar surface area (TPSA) is 113 Å². The molecule has 1 aliphatic carbocycles. The number of nitrogens with two attached hydrogens (primary N) is 1. The van der Waals surface area contributed by atoms with Gasteiger partial charge in [0.15, 0.2) is 5.67 Å². The molecule has 142 valence electrons. The molecule has 0 aromatic heterocycles. The average molecular weight is 379 g/mol. The summed E-state index contributed by atoms with van der Waals surface area (Å²) >= 11 is 0. The molecule has 0 saturated heterocycles. The number of halogens is 1. The van der Waals surface area contributed by atoms with Crippen LogP contribution in [0.15, 0.2) is 64.6 Å². The highest BCUT2D eigenvalue weighted by atomic mass is 19.1. The normalized spacial score (nSPS) is 20.3. The molecule has 8 heteroatoms. The molecule has 4 rings (SSSR count). The van der Waals surface area contributed by atoms with E-state index in [-0.39, 0.29) is 12.8 Å². The van der Waals surface area contributed by atoms with Gasteiger partial charge in [0, 0.05) is 11.1 Å². The number of amides is 1. The first kappa shape index (κ1) is 17.8. The van der Waals surface area contributed by atoms with Gasteiger partial charge in [-0.25, -0.2) is 9.38 Å². The van der Waals surface area contributed by atoms with Crippen LogP contribution in [0.25, 0.3) is 0 Å². The van der Waals surface area contributed by atoms with E-state index < -0.39 is 29.7 Å². The number of fused-ring (bicyclic) bond motifs is 1. The minimum atomic E-state index is -1.78. The van der Waals surface area contributed by atoms with E-state index in [2.05, 4.69) is 15.3 Å². The van der Waals surface area contributed by atoms with Crippen LogP contribution in [0.3, 0.4) is 0 Å². The van der Waals surface area contributed by atoms with E-state index in [0.29, 0.717) is 11.4 Å². The molecule has 7 nitrogen and oxygen atoms in total. The van der Waals surface area contributed by atoms with Crippen LogP contribution in [-0.2, 0) is 9.53 Å². The van der Waals surface area contributed by atoms with Crippen molar-refractivity contribution in [2.45, 2.75) is 24.7 Å². The number of aliphatic imine (C=N–C) groups is 2. The number of benzodiazepines with no additional fused rings is 1. The maximum atomic E-state index is 13.9. The van der Waals surface area contributed by atoms with Crippen molar-refractivity contribution in [3.8, 4) is 0 Å². The fourth-order valence-electron chi connectivity index (χ4n) is 2.84. The molecular formula is C20H18FN5O2. The zero-order valence-electron chi connectivity index (χ0n) is 14.9. The summed E-state index contributed by atoms with van der Waals surface area (Å²) < 4.78 is 18.8. The first-order valence-electron chi connectivity index (χ1n) is 8.79. The van der Waals surface area contributed by atoms with Crippen molar-refractivity contribution in [1.82, 2.24) is 0 Å². The van der Waals surface area contributed by atoms with Gasteiger partial charge < -0.3 is 15.8 Å². The van der Waals surface area contributed by atoms with Gasteiger partial charge in [-0.15, -0.1) is 0 Å². The van der Waals surface area contributed by atoms with Crippen molar-refractivity contribution in [2.75, 3.05) is 5.32 Å². The van der Waals surface area contributed by atoms with Gasteiger partial charge in [0.05, 0.1) is 11.4 Å². The van der Waals surface area contributed by atoms with E-state index in [1.165, 1.54) is 0 Å². The van der Waals surface area contributed by atoms with Gasteiger partial charge >= 0.3 is 0 Å². The molecule has 0 bridgehead atoms. The summed E-state index contributed by atoms with van der Waals surface area (Å²) in [5.41, 5.74) is 6.64. The van der Waals surface area contributed by atoms with Crippen molar-refractivity contribution >= 4 is 29.2 Å². The lowest BCUT2D eigenvalue weighted by molar-refractivity contribution is -0.117. The Bertz CT molecular complexity index is 999. The van der Waals surface area contributed by atoms with Crippen LogP contribution < -0.4 is 11.1 Å². The minimum absolute atomic E-state index is 0.217. The standard InChI is InChI=1S/C20H18FN5O2/c21-20(10-11-20)18(22)28-19(23)26-16-17(27)24-14-9-5-4-8-13(14)15(25-16)12-6-2-1-3-7-12/h1-9,16,22H,10-11H2,(H2,23,26)(H,24,27). The Morgan fingerprint density at radius 1 is 1.21 bits per heavy atom. The number of amidine groups is 1. The number of benzene rings is 2. The SMILES string of the molecule is N=C(O/C(N)=N/C1N=C(c2ccccc2)c2ccccc2NC1=O)C1(F)CC1. The van der Waals surface area contributed by atoms with Crippen LogP contribution in [0.1, 0.15) is 24.0 Å². The molecule has 28 heavy (non-hydrogen) atoms. The summed E-state index contributed by atoms with van der Waals surface area (Å²) in [5.74, 6) is -1.10. The molecule has 1 atom stereocenters. The van der Waals surface area contributed by atoms with E-state index in [1.807, 2.05) is 42.5 Å². The third-order valence-corrected chi connectivity index (χ3v) is 4.53. The maximum absolute atomic E-state index is 13.9. The second-order valence-corrected chi connectivity index (χ2v) is 6.62. The molecule has 2 aromatic rings. The number of anilines is 1. The smallest absolute Gasteiger partial charge is 0.291 e. The lowest BCUT2D eigenvalue weighted by Gasteiger charge is -2.11. The van der Waals surface area contributed by atoms with Crippen molar-refractivity contribution in [2.24, 2.45) is 15.7 Å². The highest BCUT2D eigenvalue weighted by Gasteiger charge is 2.50. The maximum Gasteiger partial charge on any atom is 0.291 e. The number of para-hydroxylation sites is 1. The molecule has 1 heterocycles. The molecular weight excluding hydrogens is 361 g/mol. The Morgan fingerprint density at radius 3 is 2.61 bits per heavy atom. The Balaban J connectivity index is 1.70. The molecule has 2 aromatic carbocycles. The monoisotopic (exact) mass is 379 g/mol. The summed E-state index contributed by atoms with van der Waals surface area (Å²) in [6.07, 6.45) is -0.798. The zero-order valence-corrected chi connectivity index (χ0v) is 14.9. The quantitative estimate of drug-likeness (QED) is 0.563.